The van der Waals surface area contributed by atoms with Crippen molar-refractivity contribution in [3.8, 4) is 0 Å². The Labute approximate surface area is 78.6 Å². The van der Waals surface area contributed by atoms with Gasteiger partial charge in [0.15, 0.2) is 0 Å². The molecular weight excluding hydrogens is 164 g/mol. The highest BCUT2D eigenvalue weighted by Crippen LogP contribution is 2.27. The first kappa shape index (κ1) is 8.82. The summed E-state index contributed by atoms with van der Waals surface area (Å²) in [5.74, 6) is 1.42. The predicted octanol–water partition coefficient (Wildman–Crippen LogP) is 2.37. The zero-order chi connectivity index (χ0) is 9.10. The smallest absolute Gasteiger partial charge is 0.104 e. The van der Waals surface area contributed by atoms with Gasteiger partial charge in [0.2, 0.25) is 0 Å². The minimum atomic E-state index is -0.112. The van der Waals surface area contributed by atoms with Crippen LogP contribution in [0.15, 0.2) is 22.8 Å². The summed E-state index contributed by atoms with van der Waals surface area (Å²) in [6, 6.07) is 3.89. The van der Waals surface area contributed by atoms with Crippen LogP contribution in [0.3, 0.4) is 0 Å². The molecule has 2 atom stereocenters. The van der Waals surface area contributed by atoms with Crippen LogP contribution < -0.4 is 0 Å². The second-order valence-corrected chi connectivity index (χ2v) is 3.90. The largest absolute Gasteiger partial charge is 0.469 e. The first-order chi connectivity index (χ1) is 6.36. The second kappa shape index (κ2) is 3.97. The summed E-state index contributed by atoms with van der Waals surface area (Å²) in [7, 11) is 0. The van der Waals surface area contributed by atoms with Crippen LogP contribution in [-0.4, -0.2) is 11.2 Å². The second-order valence-electron chi connectivity index (χ2n) is 3.90. The highest BCUT2D eigenvalue weighted by Gasteiger charge is 2.23. The molecule has 13 heavy (non-hydrogen) atoms. The van der Waals surface area contributed by atoms with Gasteiger partial charge in [0.25, 0.3) is 0 Å². The summed E-state index contributed by atoms with van der Waals surface area (Å²) in [5.41, 5.74) is 0. The van der Waals surface area contributed by atoms with Gasteiger partial charge in [0.1, 0.15) is 5.76 Å². The number of rotatable bonds is 2. The number of aliphatic hydroxyl groups excluding tert-OH is 1. The van der Waals surface area contributed by atoms with E-state index in [1.807, 2.05) is 12.1 Å². The van der Waals surface area contributed by atoms with Gasteiger partial charge in [-0.05, 0) is 30.9 Å². The standard InChI is InChI=1S/C11H16O2/c12-11-6-2-1-4-9(11)8-10-5-3-7-13-10/h3,5,7,9,11-12H,1-2,4,6,8H2/t9-,11+/m0/s1. The summed E-state index contributed by atoms with van der Waals surface area (Å²) in [4.78, 5) is 0. The van der Waals surface area contributed by atoms with Gasteiger partial charge in [-0.2, -0.15) is 0 Å². The van der Waals surface area contributed by atoms with Crippen molar-refractivity contribution in [1.82, 2.24) is 0 Å². The monoisotopic (exact) mass is 180 g/mol. The molecule has 2 heteroatoms. The van der Waals surface area contributed by atoms with E-state index in [0.717, 1.165) is 25.0 Å². The number of hydrogen-bond acceptors (Lipinski definition) is 2. The van der Waals surface area contributed by atoms with Crippen molar-refractivity contribution in [2.75, 3.05) is 0 Å². The van der Waals surface area contributed by atoms with Crippen molar-refractivity contribution in [3.63, 3.8) is 0 Å². The predicted molar refractivity (Wildman–Crippen MR) is 50.4 cm³/mol. The van der Waals surface area contributed by atoms with Gasteiger partial charge in [-0.3, -0.25) is 0 Å². The summed E-state index contributed by atoms with van der Waals surface area (Å²) in [6.07, 6.45) is 7.02. The molecule has 0 unspecified atom stereocenters. The number of hydrogen-bond donors (Lipinski definition) is 1. The molecule has 1 aliphatic carbocycles. The van der Waals surface area contributed by atoms with Crippen molar-refractivity contribution in [3.05, 3.63) is 24.2 Å². The molecule has 1 aliphatic rings. The van der Waals surface area contributed by atoms with Crippen molar-refractivity contribution in [2.45, 2.75) is 38.2 Å². The maximum atomic E-state index is 9.73. The third kappa shape index (κ3) is 2.13. The van der Waals surface area contributed by atoms with Crippen LogP contribution in [0.2, 0.25) is 0 Å². The van der Waals surface area contributed by atoms with Crippen LogP contribution in [0.5, 0.6) is 0 Å². The summed E-state index contributed by atoms with van der Waals surface area (Å²) >= 11 is 0. The van der Waals surface area contributed by atoms with Gasteiger partial charge >= 0.3 is 0 Å². The Balaban J connectivity index is 1.93. The molecule has 0 amide bonds. The van der Waals surface area contributed by atoms with E-state index in [1.165, 1.54) is 12.8 Å². The van der Waals surface area contributed by atoms with Crippen LogP contribution in [0.1, 0.15) is 31.4 Å². The number of furan rings is 1. The summed E-state index contributed by atoms with van der Waals surface area (Å²) in [5, 5.41) is 9.73. The maximum Gasteiger partial charge on any atom is 0.104 e. The van der Waals surface area contributed by atoms with E-state index in [0.29, 0.717) is 5.92 Å². The molecule has 1 N–H and O–H groups in total. The van der Waals surface area contributed by atoms with Gasteiger partial charge in [-0.15, -0.1) is 0 Å². The minimum absolute atomic E-state index is 0.112. The minimum Gasteiger partial charge on any atom is -0.469 e. The average molecular weight is 180 g/mol. The van der Waals surface area contributed by atoms with E-state index in [1.54, 1.807) is 6.26 Å². The van der Waals surface area contributed by atoms with Crippen molar-refractivity contribution in [2.24, 2.45) is 5.92 Å². The van der Waals surface area contributed by atoms with Crippen LogP contribution in [0.25, 0.3) is 0 Å². The highest BCUT2D eigenvalue weighted by atomic mass is 16.3. The molecule has 1 aromatic heterocycles. The molecule has 2 rings (SSSR count). The molecule has 0 aliphatic heterocycles. The maximum absolute atomic E-state index is 9.73. The molecule has 1 heterocycles. The fourth-order valence-corrected chi connectivity index (χ4v) is 2.11. The molecule has 0 saturated heterocycles. The lowest BCUT2D eigenvalue weighted by atomic mass is 9.84. The van der Waals surface area contributed by atoms with E-state index in [9.17, 15) is 5.11 Å². The lowest BCUT2D eigenvalue weighted by Gasteiger charge is -2.26. The van der Waals surface area contributed by atoms with E-state index in [-0.39, 0.29) is 6.10 Å². The van der Waals surface area contributed by atoms with Crippen LogP contribution >= 0.6 is 0 Å². The lowest BCUT2D eigenvalue weighted by Crippen LogP contribution is -2.25. The molecule has 0 bridgehead atoms. The van der Waals surface area contributed by atoms with Crippen LogP contribution in [-0.2, 0) is 6.42 Å². The summed E-state index contributed by atoms with van der Waals surface area (Å²) < 4.78 is 5.27. The third-order valence-electron chi connectivity index (χ3n) is 2.91. The van der Waals surface area contributed by atoms with E-state index in [4.69, 9.17) is 4.42 Å². The van der Waals surface area contributed by atoms with Crippen molar-refractivity contribution < 1.29 is 9.52 Å². The van der Waals surface area contributed by atoms with Gasteiger partial charge in [0, 0.05) is 6.42 Å². The number of aliphatic hydroxyl groups is 1. The molecule has 1 fully saturated rings. The fourth-order valence-electron chi connectivity index (χ4n) is 2.11. The molecule has 0 spiro atoms. The van der Waals surface area contributed by atoms with Crippen LogP contribution in [0.4, 0.5) is 0 Å². The van der Waals surface area contributed by atoms with E-state index in [2.05, 4.69) is 0 Å². The van der Waals surface area contributed by atoms with Gasteiger partial charge in [-0.25, -0.2) is 0 Å². The third-order valence-corrected chi connectivity index (χ3v) is 2.91. The Bertz CT molecular complexity index is 241. The Hall–Kier alpha value is -0.760. The molecule has 0 aromatic carbocycles. The topological polar surface area (TPSA) is 33.4 Å². The lowest BCUT2D eigenvalue weighted by molar-refractivity contribution is 0.0673. The van der Waals surface area contributed by atoms with E-state index >= 15 is 0 Å². The van der Waals surface area contributed by atoms with Gasteiger partial charge in [-0.1, -0.05) is 12.8 Å². The van der Waals surface area contributed by atoms with Gasteiger partial charge < -0.3 is 9.52 Å². The Morgan fingerprint density at radius 3 is 2.92 bits per heavy atom. The molecule has 2 nitrogen and oxygen atoms in total. The molecule has 72 valence electrons. The quantitative estimate of drug-likeness (QED) is 0.758. The molecular formula is C11H16O2. The Morgan fingerprint density at radius 1 is 1.38 bits per heavy atom. The van der Waals surface area contributed by atoms with Gasteiger partial charge in [0.05, 0.1) is 12.4 Å². The fraction of sp³-hybridized carbons (Fsp3) is 0.636. The normalized spacial score (nSPS) is 29.0. The molecule has 1 saturated carbocycles. The average Bonchev–Trinajstić information content (AvgIpc) is 2.61. The van der Waals surface area contributed by atoms with Crippen LogP contribution in [0, 0.1) is 5.92 Å². The van der Waals surface area contributed by atoms with Crippen molar-refractivity contribution in [1.29, 1.82) is 0 Å². The highest BCUT2D eigenvalue weighted by molar-refractivity contribution is 5.00. The molecule has 0 radical (unpaired) electrons. The summed E-state index contributed by atoms with van der Waals surface area (Å²) in [6.45, 7) is 0. The first-order valence-corrected chi connectivity index (χ1v) is 5.06. The SMILES string of the molecule is O[C@@H]1CCCC[C@H]1Cc1ccco1. The first-order valence-electron chi connectivity index (χ1n) is 5.06. The molecule has 1 aromatic rings. The van der Waals surface area contributed by atoms with Crippen molar-refractivity contribution >= 4 is 0 Å². The zero-order valence-electron chi connectivity index (χ0n) is 7.78. The Morgan fingerprint density at radius 2 is 2.23 bits per heavy atom. The zero-order valence-corrected chi connectivity index (χ0v) is 7.78. The van der Waals surface area contributed by atoms with E-state index < -0.39 is 0 Å². The Kier molecular flexibility index (Phi) is 2.69.